The van der Waals surface area contributed by atoms with E-state index in [9.17, 15) is 15.0 Å². The van der Waals surface area contributed by atoms with Crippen molar-refractivity contribution < 1.29 is 25.2 Å². The number of hydrogen-bond acceptors (Lipinski definition) is 9. The molecule has 0 unspecified atom stereocenters. The van der Waals surface area contributed by atoms with Gasteiger partial charge in [0.2, 0.25) is 0 Å². The van der Waals surface area contributed by atoms with E-state index in [1.54, 1.807) is 6.07 Å². The van der Waals surface area contributed by atoms with Crippen molar-refractivity contribution in [2.24, 2.45) is 0 Å². The number of carboxylic acids is 1. The van der Waals surface area contributed by atoms with Crippen molar-refractivity contribution in [1.29, 1.82) is 0 Å². The minimum absolute atomic E-state index is 0.0204. The maximum Gasteiger partial charge on any atom is 0.329 e. The largest absolute Gasteiger partial charge is 0.506 e. The summed E-state index contributed by atoms with van der Waals surface area (Å²) >= 11 is 9.04. The van der Waals surface area contributed by atoms with E-state index >= 15 is 0 Å². The SMILES string of the molecule is O=C(O)CO.O=c1[nH]c2c(O)ccc([C@@H](O)CNCCSCCCNCCc3ccccc3Cl)c2s1. The molecule has 0 saturated carbocycles. The highest BCUT2D eigenvalue weighted by molar-refractivity contribution is 7.99. The van der Waals surface area contributed by atoms with Crippen LogP contribution < -0.4 is 15.5 Å². The van der Waals surface area contributed by atoms with Gasteiger partial charge in [0.15, 0.2) is 0 Å². The first-order chi connectivity index (χ1) is 17.3. The Labute approximate surface area is 222 Å². The van der Waals surface area contributed by atoms with Gasteiger partial charge < -0.3 is 36.0 Å². The Morgan fingerprint density at radius 1 is 1.11 bits per heavy atom. The van der Waals surface area contributed by atoms with Crippen LogP contribution in [0.25, 0.3) is 10.2 Å². The van der Waals surface area contributed by atoms with Crippen molar-refractivity contribution in [2.75, 3.05) is 44.3 Å². The van der Waals surface area contributed by atoms with E-state index in [1.165, 1.54) is 11.6 Å². The van der Waals surface area contributed by atoms with Crippen LogP contribution in [0, 0.1) is 0 Å². The second kappa shape index (κ2) is 16.6. The number of carboxylic acid groups (broad SMARTS) is 1. The summed E-state index contributed by atoms with van der Waals surface area (Å²) in [4.78, 5) is 23.1. The molecular formula is C24H32ClN3O6S2. The van der Waals surface area contributed by atoms with Gasteiger partial charge in [-0.05, 0) is 49.4 Å². The van der Waals surface area contributed by atoms with Crippen LogP contribution in [0.5, 0.6) is 5.75 Å². The molecule has 7 N–H and O–H groups in total. The quantitative estimate of drug-likeness (QED) is 0.148. The van der Waals surface area contributed by atoms with Crippen molar-refractivity contribution in [3.05, 3.63) is 62.2 Å². The molecule has 0 amide bonds. The van der Waals surface area contributed by atoms with Gasteiger partial charge in [0.25, 0.3) is 0 Å². The Hall–Kier alpha value is -2.12. The number of benzene rings is 2. The number of hydrogen-bond donors (Lipinski definition) is 7. The first-order valence-corrected chi connectivity index (χ1v) is 13.8. The number of thioether (sulfide) groups is 1. The number of phenolic OH excluding ortho intramolecular Hbond substituents is 1. The molecule has 12 heteroatoms. The Kier molecular flexibility index (Phi) is 13.9. The van der Waals surface area contributed by atoms with Crippen molar-refractivity contribution in [3.8, 4) is 5.75 Å². The molecule has 1 aromatic heterocycles. The van der Waals surface area contributed by atoms with Crippen LogP contribution in [-0.2, 0) is 11.2 Å². The fourth-order valence-corrected chi connectivity index (χ4v) is 5.23. The summed E-state index contributed by atoms with van der Waals surface area (Å²) < 4.78 is 0.607. The molecule has 2 aromatic carbocycles. The predicted molar refractivity (Wildman–Crippen MR) is 147 cm³/mol. The summed E-state index contributed by atoms with van der Waals surface area (Å²) in [6.45, 7) is 2.33. The van der Waals surface area contributed by atoms with Crippen LogP contribution in [0.15, 0.2) is 41.2 Å². The van der Waals surface area contributed by atoms with Gasteiger partial charge in [-0.25, -0.2) is 4.79 Å². The zero-order chi connectivity index (χ0) is 26.3. The molecule has 0 bridgehead atoms. The lowest BCUT2D eigenvalue weighted by Gasteiger charge is -2.13. The molecule has 1 heterocycles. The third-order valence-electron chi connectivity index (χ3n) is 5.01. The number of phenols is 1. The number of aromatic nitrogens is 1. The zero-order valence-electron chi connectivity index (χ0n) is 19.7. The summed E-state index contributed by atoms with van der Waals surface area (Å²) in [5.74, 6) is 0.880. The third kappa shape index (κ3) is 10.5. The summed E-state index contributed by atoms with van der Waals surface area (Å²) in [7, 11) is 0. The molecule has 0 aliphatic heterocycles. The maximum atomic E-state index is 11.6. The number of thiazole rings is 1. The van der Waals surface area contributed by atoms with E-state index in [0.29, 0.717) is 22.3 Å². The lowest BCUT2D eigenvalue weighted by Crippen LogP contribution is -2.24. The minimum Gasteiger partial charge on any atom is -0.506 e. The fourth-order valence-electron chi connectivity index (χ4n) is 3.25. The molecule has 0 fully saturated rings. The van der Waals surface area contributed by atoms with Gasteiger partial charge in [0.05, 0.1) is 10.8 Å². The Balaban J connectivity index is 0.000000830. The molecule has 9 nitrogen and oxygen atoms in total. The molecule has 0 saturated heterocycles. The Bertz CT molecular complexity index is 1140. The second-order valence-corrected chi connectivity index (χ2v) is 10.3. The molecule has 0 aliphatic rings. The topological polar surface area (TPSA) is 155 Å². The average molecular weight is 558 g/mol. The highest BCUT2D eigenvalue weighted by Gasteiger charge is 2.15. The van der Waals surface area contributed by atoms with Crippen LogP contribution >= 0.6 is 34.7 Å². The van der Waals surface area contributed by atoms with Crippen LogP contribution in [0.4, 0.5) is 0 Å². The normalized spacial score (nSPS) is 11.8. The number of rotatable bonds is 14. The predicted octanol–water partition coefficient (Wildman–Crippen LogP) is 2.59. The standard InChI is InChI=1S/C22H28ClN3O3S2.C2H4O3/c23-17-5-2-1-4-15(17)8-10-24-9-3-12-30-13-11-25-14-19(28)16-6-7-18(27)20-21(16)31-22(29)26-20;3-1-2(4)5/h1-2,4-7,19,24-25,27-28H,3,8-14H2,(H,26,29);3H,1H2,(H,4,5)/t19-;/m0./s1. The molecule has 3 aromatic rings. The fraction of sp³-hybridized carbons (Fsp3) is 0.417. The zero-order valence-corrected chi connectivity index (χ0v) is 22.1. The van der Waals surface area contributed by atoms with Crippen molar-refractivity contribution >= 4 is 50.9 Å². The Morgan fingerprint density at radius 3 is 2.58 bits per heavy atom. The summed E-state index contributed by atoms with van der Waals surface area (Å²) in [5, 5.41) is 42.9. The van der Waals surface area contributed by atoms with E-state index in [4.69, 9.17) is 26.6 Å². The summed E-state index contributed by atoms with van der Waals surface area (Å²) in [5.41, 5.74) is 2.22. The van der Waals surface area contributed by atoms with Gasteiger partial charge in [-0.15, -0.1) is 0 Å². The average Bonchev–Trinajstić information content (AvgIpc) is 3.26. The van der Waals surface area contributed by atoms with Gasteiger partial charge in [-0.1, -0.05) is 47.2 Å². The molecule has 1 atom stereocenters. The van der Waals surface area contributed by atoms with Crippen LogP contribution in [0.1, 0.15) is 23.7 Å². The smallest absolute Gasteiger partial charge is 0.329 e. The van der Waals surface area contributed by atoms with Crippen molar-refractivity contribution in [2.45, 2.75) is 18.9 Å². The molecule has 36 heavy (non-hydrogen) atoms. The number of fused-ring (bicyclic) bond motifs is 1. The Morgan fingerprint density at radius 2 is 1.86 bits per heavy atom. The van der Waals surface area contributed by atoms with E-state index < -0.39 is 18.7 Å². The van der Waals surface area contributed by atoms with Gasteiger partial charge in [-0.2, -0.15) is 11.8 Å². The lowest BCUT2D eigenvalue weighted by atomic mass is 10.1. The lowest BCUT2D eigenvalue weighted by molar-refractivity contribution is -0.140. The highest BCUT2D eigenvalue weighted by atomic mass is 35.5. The maximum absolute atomic E-state index is 11.6. The number of aliphatic carboxylic acids is 1. The highest BCUT2D eigenvalue weighted by Crippen LogP contribution is 2.31. The molecule has 198 valence electrons. The minimum atomic E-state index is -1.19. The van der Waals surface area contributed by atoms with Crippen LogP contribution in [0.2, 0.25) is 5.02 Å². The van der Waals surface area contributed by atoms with Crippen LogP contribution in [0.3, 0.4) is 0 Å². The molecular weight excluding hydrogens is 526 g/mol. The number of aliphatic hydroxyl groups excluding tert-OH is 2. The van der Waals surface area contributed by atoms with E-state index in [-0.39, 0.29) is 10.6 Å². The van der Waals surface area contributed by atoms with Gasteiger partial charge in [0.1, 0.15) is 17.9 Å². The number of aromatic amines is 1. The summed E-state index contributed by atoms with van der Waals surface area (Å²) in [6.07, 6.45) is 1.31. The monoisotopic (exact) mass is 557 g/mol. The van der Waals surface area contributed by atoms with Crippen LogP contribution in [-0.4, -0.2) is 75.7 Å². The van der Waals surface area contributed by atoms with Gasteiger partial charge in [-0.3, -0.25) is 4.79 Å². The van der Waals surface area contributed by atoms with E-state index in [1.807, 2.05) is 30.0 Å². The van der Waals surface area contributed by atoms with Crippen molar-refractivity contribution in [3.63, 3.8) is 0 Å². The van der Waals surface area contributed by atoms with Crippen molar-refractivity contribution in [1.82, 2.24) is 15.6 Å². The molecule has 0 spiro atoms. The molecule has 0 radical (unpaired) electrons. The first-order valence-electron chi connectivity index (χ1n) is 11.4. The number of halogens is 1. The number of aromatic hydroxyl groups is 1. The van der Waals surface area contributed by atoms with E-state index in [0.717, 1.165) is 60.3 Å². The molecule has 0 aliphatic carbocycles. The number of aliphatic hydroxyl groups is 2. The van der Waals surface area contributed by atoms with Gasteiger partial charge >= 0.3 is 10.8 Å². The number of H-pyrrole nitrogens is 1. The first kappa shape index (κ1) is 30.1. The third-order valence-corrected chi connectivity index (χ3v) is 7.38. The number of nitrogens with one attached hydrogen (secondary N) is 3. The number of carbonyl (C=O) groups is 1. The molecule has 3 rings (SSSR count). The second-order valence-electron chi connectivity index (χ2n) is 7.72. The van der Waals surface area contributed by atoms with E-state index in [2.05, 4.69) is 21.7 Å². The van der Waals surface area contributed by atoms with Gasteiger partial charge in [0, 0.05) is 29.4 Å². The summed E-state index contributed by atoms with van der Waals surface area (Å²) in [6, 6.07) is 11.1.